The van der Waals surface area contributed by atoms with Gasteiger partial charge in [-0.05, 0) is 48.5 Å². The van der Waals surface area contributed by atoms with Gasteiger partial charge in [0.2, 0.25) is 0 Å². The molecular formula is C23H20N2O4. The van der Waals surface area contributed by atoms with E-state index in [4.69, 9.17) is 9.47 Å². The minimum atomic E-state index is -0.371. The van der Waals surface area contributed by atoms with Gasteiger partial charge in [-0.15, -0.1) is 0 Å². The summed E-state index contributed by atoms with van der Waals surface area (Å²) in [4.78, 5) is 19.4. The molecule has 29 heavy (non-hydrogen) atoms. The molecule has 0 aliphatic carbocycles. The molecule has 4 aromatic rings. The zero-order valence-corrected chi connectivity index (χ0v) is 15.9. The summed E-state index contributed by atoms with van der Waals surface area (Å²) in [6.07, 6.45) is 0. The van der Waals surface area contributed by atoms with Crippen LogP contribution in [0.5, 0.6) is 11.5 Å². The summed E-state index contributed by atoms with van der Waals surface area (Å²) >= 11 is 0. The summed E-state index contributed by atoms with van der Waals surface area (Å²) in [6.45, 7) is 0.773. The van der Waals surface area contributed by atoms with Gasteiger partial charge in [-0.2, -0.15) is 0 Å². The summed E-state index contributed by atoms with van der Waals surface area (Å²) in [5.41, 5.74) is 3.37. The van der Waals surface area contributed by atoms with Crippen LogP contribution in [0.3, 0.4) is 0 Å². The minimum Gasteiger partial charge on any atom is -0.490 e. The predicted octanol–water partition coefficient (Wildman–Crippen LogP) is 4.47. The number of rotatable bonds is 7. The first-order valence-corrected chi connectivity index (χ1v) is 9.22. The van der Waals surface area contributed by atoms with Crippen LogP contribution in [-0.4, -0.2) is 36.3 Å². The molecule has 6 nitrogen and oxygen atoms in total. The van der Waals surface area contributed by atoms with Gasteiger partial charge in [0, 0.05) is 5.56 Å². The molecule has 0 radical (unpaired) electrons. The molecule has 4 rings (SSSR count). The van der Waals surface area contributed by atoms with Gasteiger partial charge in [-0.25, -0.2) is 9.78 Å². The van der Waals surface area contributed by atoms with Crippen molar-refractivity contribution in [2.45, 2.75) is 0 Å². The Bertz CT molecular complexity index is 1090. The molecule has 1 heterocycles. The molecule has 0 fully saturated rings. The third-order valence-electron chi connectivity index (χ3n) is 4.39. The number of benzene rings is 3. The Labute approximate surface area is 168 Å². The van der Waals surface area contributed by atoms with Crippen molar-refractivity contribution in [2.75, 3.05) is 20.3 Å². The lowest BCUT2D eigenvalue weighted by Gasteiger charge is -2.09. The maximum Gasteiger partial charge on any atom is 0.337 e. The number of hydrogen-bond donors (Lipinski definition) is 1. The lowest BCUT2D eigenvalue weighted by molar-refractivity contribution is 0.0600. The van der Waals surface area contributed by atoms with E-state index in [1.54, 1.807) is 24.3 Å². The van der Waals surface area contributed by atoms with Gasteiger partial charge in [0.15, 0.2) is 0 Å². The lowest BCUT2D eigenvalue weighted by Crippen LogP contribution is -2.09. The van der Waals surface area contributed by atoms with Crippen molar-refractivity contribution in [1.82, 2.24) is 9.97 Å². The number of carbonyl (C=O) groups excluding carboxylic acids is 1. The van der Waals surface area contributed by atoms with Gasteiger partial charge in [0.1, 0.15) is 30.5 Å². The highest BCUT2D eigenvalue weighted by Gasteiger charge is 2.07. The molecule has 0 aliphatic rings. The fourth-order valence-corrected chi connectivity index (χ4v) is 2.95. The Morgan fingerprint density at radius 2 is 1.66 bits per heavy atom. The van der Waals surface area contributed by atoms with E-state index in [1.165, 1.54) is 7.11 Å². The molecule has 0 atom stereocenters. The van der Waals surface area contributed by atoms with E-state index in [0.29, 0.717) is 24.5 Å². The van der Waals surface area contributed by atoms with E-state index in [-0.39, 0.29) is 5.97 Å². The van der Waals surface area contributed by atoms with Crippen molar-refractivity contribution in [3.05, 3.63) is 78.4 Å². The molecule has 0 amide bonds. The van der Waals surface area contributed by atoms with Crippen molar-refractivity contribution in [1.29, 1.82) is 0 Å². The van der Waals surface area contributed by atoms with Crippen LogP contribution in [0.15, 0.2) is 72.8 Å². The highest BCUT2D eigenvalue weighted by Crippen LogP contribution is 2.24. The second kappa shape index (κ2) is 8.48. The van der Waals surface area contributed by atoms with Gasteiger partial charge >= 0.3 is 5.97 Å². The van der Waals surface area contributed by atoms with Crippen molar-refractivity contribution in [3.63, 3.8) is 0 Å². The largest absolute Gasteiger partial charge is 0.490 e. The Kier molecular flexibility index (Phi) is 5.42. The zero-order chi connectivity index (χ0) is 20.1. The Morgan fingerprint density at radius 1 is 0.897 bits per heavy atom. The molecule has 0 saturated heterocycles. The number of fused-ring (bicyclic) bond motifs is 1. The molecule has 3 aromatic carbocycles. The van der Waals surface area contributed by atoms with Crippen molar-refractivity contribution < 1.29 is 19.0 Å². The molecular weight excluding hydrogens is 368 g/mol. The van der Waals surface area contributed by atoms with Crippen LogP contribution in [0, 0.1) is 0 Å². The van der Waals surface area contributed by atoms with Gasteiger partial charge in [-0.1, -0.05) is 24.3 Å². The topological polar surface area (TPSA) is 73.4 Å². The fraction of sp³-hybridized carbons (Fsp3) is 0.130. The van der Waals surface area contributed by atoms with Crippen molar-refractivity contribution in [2.24, 2.45) is 0 Å². The van der Waals surface area contributed by atoms with Crippen LogP contribution in [0.2, 0.25) is 0 Å². The molecule has 0 bridgehead atoms. The summed E-state index contributed by atoms with van der Waals surface area (Å²) in [7, 11) is 1.35. The van der Waals surface area contributed by atoms with E-state index >= 15 is 0 Å². The molecule has 1 aromatic heterocycles. The van der Waals surface area contributed by atoms with Crippen LogP contribution >= 0.6 is 0 Å². The number of aromatic nitrogens is 2. The lowest BCUT2D eigenvalue weighted by atomic mass is 10.2. The maximum atomic E-state index is 11.4. The third-order valence-corrected chi connectivity index (χ3v) is 4.39. The summed E-state index contributed by atoms with van der Waals surface area (Å²) in [5.74, 6) is 1.84. The van der Waals surface area contributed by atoms with E-state index in [2.05, 4.69) is 14.7 Å². The van der Waals surface area contributed by atoms with Gasteiger partial charge in [-0.3, -0.25) is 0 Å². The van der Waals surface area contributed by atoms with E-state index < -0.39 is 0 Å². The molecule has 146 valence electrons. The third kappa shape index (κ3) is 4.38. The number of carbonyl (C=O) groups is 1. The molecule has 0 unspecified atom stereocenters. The smallest absolute Gasteiger partial charge is 0.337 e. The fourth-order valence-electron chi connectivity index (χ4n) is 2.95. The number of nitrogens with zero attached hydrogens (tertiary/aromatic N) is 1. The number of methoxy groups -OCH3 is 1. The molecule has 0 aliphatic heterocycles. The predicted molar refractivity (Wildman–Crippen MR) is 110 cm³/mol. The Balaban J connectivity index is 1.33. The van der Waals surface area contributed by atoms with Crippen LogP contribution < -0.4 is 9.47 Å². The maximum absolute atomic E-state index is 11.4. The van der Waals surface area contributed by atoms with Gasteiger partial charge < -0.3 is 19.2 Å². The average Bonchev–Trinajstić information content (AvgIpc) is 3.21. The highest BCUT2D eigenvalue weighted by atomic mass is 16.5. The summed E-state index contributed by atoms with van der Waals surface area (Å²) in [6, 6.07) is 22.5. The Morgan fingerprint density at radius 3 is 2.41 bits per heavy atom. The van der Waals surface area contributed by atoms with Crippen molar-refractivity contribution in [3.8, 4) is 22.9 Å². The number of esters is 1. The van der Waals surface area contributed by atoms with Crippen LogP contribution in [0.1, 0.15) is 10.4 Å². The normalized spacial score (nSPS) is 10.7. The quantitative estimate of drug-likeness (QED) is 0.373. The molecule has 1 N–H and O–H groups in total. The SMILES string of the molecule is COC(=O)c1ccc(OCCOc2cccc(-c3nc4ccccc4[nH]3)c2)cc1. The van der Waals surface area contributed by atoms with Crippen LogP contribution in [0.4, 0.5) is 0 Å². The van der Waals surface area contributed by atoms with Crippen LogP contribution in [0.25, 0.3) is 22.4 Å². The number of ether oxygens (including phenoxy) is 3. The second-order valence-corrected chi connectivity index (χ2v) is 6.34. The highest BCUT2D eigenvalue weighted by molar-refractivity contribution is 5.89. The first-order valence-electron chi connectivity index (χ1n) is 9.22. The number of imidazole rings is 1. The van der Waals surface area contributed by atoms with Crippen molar-refractivity contribution >= 4 is 17.0 Å². The first kappa shape index (κ1) is 18.6. The van der Waals surface area contributed by atoms with Crippen LogP contribution in [-0.2, 0) is 4.74 Å². The van der Waals surface area contributed by atoms with E-state index in [0.717, 1.165) is 28.2 Å². The standard InChI is InChI=1S/C23H20N2O4/c1-27-23(26)16-9-11-18(12-10-16)28-13-14-29-19-6-4-5-17(15-19)22-24-20-7-2-3-8-21(20)25-22/h2-12,15H,13-14H2,1H3,(H,24,25). The first-order chi connectivity index (χ1) is 14.2. The minimum absolute atomic E-state index is 0.371. The summed E-state index contributed by atoms with van der Waals surface area (Å²) < 4.78 is 16.1. The summed E-state index contributed by atoms with van der Waals surface area (Å²) in [5, 5.41) is 0. The van der Waals surface area contributed by atoms with E-state index in [1.807, 2.05) is 48.5 Å². The average molecular weight is 388 g/mol. The van der Waals surface area contributed by atoms with Gasteiger partial charge in [0.25, 0.3) is 0 Å². The zero-order valence-electron chi connectivity index (χ0n) is 15.9. The second-order valence-electron chi connectivity index (χ2n) is 6.34. The molecule has 0 spiro atoms. The number of hydrogen-bond acceptors (Lipinski definition) is 5. The monoisotopic (exact) mass is 388 g/mol. The molecule has 0 saturated carbocycles. The number of aromatic amines is 1. The Hall–Kier alpha value is -3.80. The number of para-hydroxylation sites is 2. The molecule has 6 heteroatoms. The van der Waals surface area contributed by atoms with Gasteiger partial charge in [0.05, 0.1) is 23.7 Å². The van der Waals surface area contributed by atoms with E-state index in [9.17, 15) is 4.79 Å². The number of nitrogens with one attached hydrogen (secondary N) is 1. The number of H-pyrrole nitrogens is 1.